The summed E-state index contributed by atoms with van der Waals surface area (Å²) in [5, 5.41) is 6.10. The van der Waals surface area contributed by atoms with E-state index in [0.29, 0.717) is 24.0 Å². The van der Waals surface area contributed by atoms with E-state index < -0.39 is 9.84 Å². The van der Waals surface area contributed by atoms with Crippen molar-refractivity contribution in [1.82, 2.24) is 10.6 Å². The molecule has 0 bridgehead atoms. The van der Waals surface area contributed by atoms with Crippen LogP contribution >= 0.6 is 0 Å². The number of rotatable bonds is 8. The SMILES string of the molecule is CN=C(NCCOc1ccc(C)cc1)NCCS(=O)(=O)c1ccccc1. The van der Waals surface area contributed by atoms with Gasteiger partial charge >= 0.3 is 0 Å². The molecule has 2 N–H and O–H groups in total. The van der Waals surface area contributed by atoms with Gasteiger partial charge in [-0.05, 0) is 31.2 Å². The van der Waals surface area contributed by atoms with Crippen molar-refractivity contribution >= 4 is 15.8 Å². The molecule has 0 fully saturated rings. The lowest BCUT2D eigenvalue weighted by Gasteiger charge is -2.13. The summed E-state index contributed by atoms with van der Waals surface area (Å²) >= 11 is 0. The predicted molar refractivity (Wildman–Crippen MR) is 105 cm³/mol. The Bertz CT molecular complexity index is 804. The number of aliphatic imine (C=N–C) groups is 1. The fourth-order valence-corrected chi connectivity index (χ4v) is 3.42. The number of hydrogen-bond acceptors (Lipinski definition) is 4. The summed E-state index contributed by atoms with van der Waals surface area (Å²) in [6.07, 6.45) is 0. The third-order valence-corrected chi connectivity index (χ3v) is 5.41. The molecular weight excluding hydrogens is 350 g/mol. The van der Waals surface area contributed by atoms with Gasteiger partial charge in [0.2, 0.25) is 0 Å². The van der Waals surface area contributed by atoms with E-state index in [1.165, 1.54) is 5.56 Å². The van der Waals surface area contributed by atoms with Crippen LogP contribution in [0.2, 0.25) is 0 Å². The molecule has 0 atom stereocenters. The maximum Gasteiger partial charge on any atom is 0.191 e. The molecule has 140 valence electrons. The molecule has 0 spiro atoms. The molecule has 6 nitrogen and oxygen atoms in total. The summed E-state index contributed by atoms with van der Waals surface area (Å²) < 4.78 is 30.1. The van der Waals surface area contributed by atoms with Crippen molar-refractivity contribution in [3.8, 4) is 5.75 Å². The van der Waals surface area contributed by atoms with Crippen molar-refractivity contribution in [1.29, 1.82) is 0 Å². The number of hydrogen-bond donors (Lipinski definition) is 2. The average Bonchev–Trinajstić information content (AvgIpc) is 2.65. The largest absolute Gasteiger partial charge is 0.492 e. The van der Waals surface area contributed by atoms with Crippen LogP contribution in [0, 0.1) is 6.92 Å². The quantitative estimate of drug-likeness (QED) is 0.419. The van der Waals surface area contributed by atoms with Crippen LogP contribution in [0.5, 0.6) is 5.75 Å². The molecule has 2 aromatic rings. The van der Waals surface area contributed by atoms with E-state index in [0.717, 1.165) is 5.75 Å². The molecule has 0 unspecified atom stereocenters. The van der Waals surface area contributed by atoms with Crippen molar-refractivity contribution in [2.75, 3.05) is 32.5 Å². The molecule has 0 aliphatic heterocycles. The first-order valence-electron chi connectivity index (χ1n) is 8.43. The first kappa shape index (κ1) is 19.8. The van der Waals surface area contributed by atoms with Crippen molar-refractivity contribution < 1.29 is 13.2 Å². The van der Waals surface area contributed by atoms with Gasteiger partial charge in [0.05, 0.1) is 17.2 Å². The molecule has 0 heterocycles. The average molecular weight is 375 g/mol. The van der Waals surface area contributed by atoms with E-state index in [4.69, 9.17) is 4.74 Å². The number of nitrogens with one attached hydrogen (secondary N) is 2. The third-order valence-electron chi connectivity index (χ3n) is 3.67. The second kappa shape index (κ2) is 9.82. The normalized spacial score (nSPS) is 11.8. The van der Waals surface area contributed by atoms with E-state index in [1.807, 2.05) is 31.2 Å². The molecule has 0 radical (unpaired) electrons. The lowest BCUT2D eigenvalue weighted by atomic mass is 10.2. The Morgan fingerprint density at radius 2 is 1.65 bits per heavy atom. The standard InChI is InChI=1S/C19H25N3O3S/c1-16-8-10-17(11-9-16)25-14-12-21-19(20-2)22-13-15-26(23,24)18-6-4-3-5-7-18/h3-11H,12-15H2,1-2H3,(H2,20,21,22). The van der Waals surface area contributed by atoms with Crippen LogP contribution in [-0.2, 0) is 9.84 Å². The molecule has 0 saturated heterocycles. The molecule has 0 aliphatic carbocycles. The molecule has 0 saturated carbocycles. The zero-order chi connectivity index (χ0) is 18.8. The lowest BCUT2D eigenvalue weighted by Crippen LogP contribution is -2.41. The Kier molecular flexibility index (Phi) is 7.47. The van der Waals surface area contributed by atoms with Gasteiger partial charge in [0, 0.05) is 13.6 Å². The van der Waals surface area contributed by atoms with E-state index in [9.17, 15) is 8.42 Å². The number of benzene rings is 2. The summed E-state index contributed by atoms with van der Waals surface area (Å²) in [5.74, 6) is 1.35. The Balaban J connectivity index is 1.70. The second-order valence-electron chi connectivity index (χ2n) is 5.72. The van der Waals surface area contributed by atoms with E-state index in [2.05, 4.69) is 15.6 Å². The maximum atomic E-state index is 12.2. The fraction of sp³-hybridized carbons (Fsp3) is 0.316. The summed E-state index contributed by atoms with van der Waals surface area (Å²) in [7, 11) is -1.66. The second-order valence-corrected chi connectivity index (χ2v) is 7.83. The summed E-state index contributed by atoms with van der Waals surface area (Å²) in [4.78, 5) is 4.41. The predicted octanol–water partition coefficient (Wildman–Crippen LogP) is 2.01. The van der Waals surface area contributed by atoms with Crippen LogP contribution in [0.25, 0.3) is 0 Å². The minimum atomic E-state index is -3.30. The zero-order valence-corrected chi connectivity index (χ0v) is 15.9. The molecule has 2 rings (SSSR count). The highest BCUT2D eigenvalue weighted by molar-refractivity contribution is 7.91. The molecular formula is C19H25N3O3S. The number of nitrogens with zero attached hydrogens (tertiary/aromatic N) is 1. The number of guanidine groups is 1. The van der Waals surface area contributed by atoms with Crippen LogP contribution in [-0.4, -0.2) is 46.9 Å². The number of sulfone groups is 1. The Hall–Kier alpha value is -2.54. The Morgan fingerprint density at radius 1 is 1.00 bits per heavy atom. The molecule has 7 heteroatoms. The molecule has 0 aromatic heterocycles. The van der Waals surface area contributed by atoms with Crippen molar-refractivity contribution in [2.45, 2.75) is 11.8 Å². The van der Waals surface area contributed by atoms with Crippen LogP contribution in [0.3, 0.4) is 0 Å². The number of aryl methyl sites for hydroxylation is 1. The van der Waals surface area contributed by atoms with Gasteiger partial charge < -0.3 is 15.4 Å². The summed E-state index contributed by atoms with van der Waals surface area (Å²) in [6, 6.07) is 16.3. The molecule has 2 aromatic carbocycles. The maximum absolute atomic E-state index is 12.2. The smallest absolute Gasteiger partial charge is 0.191 e. The molecule has 26 heavy (non-hydrogen) atoms. The van der Waals surface area contributed by atoms with Crippen molar-refractivity contribution in [2.24, 2.45) is 4.99 Å². The van der Waals surface area contributed by atoms with E-state index in [1.54, 1.807) is 37.4 Å². The molecule has 0 amide bonds. The zero-order valence-electron chi connectivity index (χ0n) is 15.1. The number of ether oxygens (including phenoxy) is 1. The minimum Gasteiger partial charge on any atom is -0.492 e. The summed E-state index contributed by atoms with van der Waals surface area (Å²) in [5.41, 5.74) is 1.19. The topological polar surface area (TPSA) is 79.8 Å². The molecule has 0 aliphatic rings. The Labute approximate surface area is 155 Å². The third kappa shape index (κ3) is 6.40. The van der Waals surface area contributed by atoms with Crippen LogP contribution in [0.15, 0.2) is 64.5 Å². The lowest BCUT2D eigenvalue weighted by molar-refractivity contribution is 0.322. The van der Waals surface area contributed by atoms with Gasteiger partial charge in [-0.2, -0.15) is 0 Å². The van der Waals surface area contributed by atoms with E-state index in [-0.39, 0.29) is 12.3 Å². The van der Waals surface area contributed by atoms with Gasteiger partial charge in [-0.3, -0.25) is 4.99 Å². The van der Waals surface area contributed by atoms with Gasteiger partial charge in [0.1, 0.15) is 12.4 Å². The van der Waals surface area contributed by atoms with Gasteiger partial charge in [0.15, 0.2) is 15.8 Å². The van der Waals surface area contributed by atoms with Gasteiger partial charge in [-0.1, -0.05) is 35.9 Å². The summed E-state index contributed by atoms with van der Waals surface area (Å²) in [6.45, 7) is 3.33. The van der Waals surface area contributed by atoms with Gasteiger partial charge in [-0.25, -0.2) is 8.42 Å². The highest BCUT2D eigenvalue weighted by atomic mass is 32.2. The van der Waals surface area contributed by atoms with Gasteiger partial charge in [-0.15, -0.1) is 0 Å². The highest BCUT2D eigenvalue weighted by Crippen LogP contribution is 2.11. The van der Waals surface area contributed by atoms with Crippen molar-refractivity contribution in [3.63, 3.8) is 0 Å². The van der Waals surface area contributed by atoms with Crippen LogP contribution in [0.4, 0.5) is 0 Å². The highest BCUT2D eigenvalue weighted by Gasteiger charge is 2.13. The van der Waals surface area contributed by atoms with E-state index >= 15 is 0 Å². The van der Waals surface area contributed by atoms with Gasteiger partial charge in [0.25, 0.3) is 0 Å². The van der Waals surface area contributed by atoms with Crippen LogP contribution < -0.4 is 15.4 Å². The first-order valence-corrected chi connectivity index (χ1v) is 10.1. The fourth-order valence-electron chi connectivity index (χ4n) is 2.24. The van der Waals surface area contributed by atoms with Crippen LogP contribution in [0.1, 0.15) is 5.56 Å². The Morgan fingerprint density at radius 3 is 2.31 bits per heavy atom. The minimum absolute atomic E-state index is 0.00240. The first-order chi connectivity index (χ1) is 12.5. The monoisotopic (exact) mass is 375 g/mol. The van der Waals surface area contributed by atoms with Crippen molar-refractivity contribution in [3.05, 3.63) is 60.2 Å².